The van der Waals surface area contributed by atoms with E-state index in [0.29, 0.717) is 0 Å². The fourth-order valence-corrected chi connectivity index (χ4v) is 2.42. The molecule has 0 atom stereocenters. The van der Waals surface area contributed by atoms with E-state index in [2.05, 4.69) is 48.7 Å². The van der Waals surface area contributed by atoms with Crippen molar-refractivity contribution in [2.45, 2.75) is 5.75 Å². The van der Waals surface area contributed by atoms with Gasteiger partial charge >= 0.3 is 0 Å². The second kappa shape index (κ2) is 3.61. The maximum Gasteiger partial charge on any atom is 0.113 e. The molecule has 0 radical (unpaired) electrons. The molecule has 0 unspecified atom stereocenters. The first-order chi connectivity index (χ1) is 5.90. The number of benzene rings is 1. The number of hydrogen-bond donors (Lipinski definition) is 1. The summed E-state index contributed by atoms with van der Waals surface area (Å²) in [6.45, 7) is 0. The Morgan fingerprint density at radius 1 is 1.33 bits per heavy atom. The van der Waals surface area contributed by atoms with Crippen LogP contribution in [-0.4, -0.2) is 15.4 Å². The topological polar surface area (TPSA) is 41.6 Å². The van der Waals surface area contributed by atoms with Gasteiger partial charge in [-0.2, -0.15) is 15.4 Å². The Bertz CT molecular complexity index is 387. The van der Waals surface area contributed by atoms with Gasteiger partial charge in [0.2, 0.25) is 0 Å². The maximum absolute atomic E-state index is 4.01. The number of H-pyrrole nitrogens is 1. The lowest BCUT2D eigenvalue weighted by atomic mass is 10.2. The van der Waals surface area contributed by atoms with Gasteiger partial charge in [-0.3, -0.25) is 0 Å². The van der Waals surface area contributed by atoms with Crippen LogP contribution in [0.1, 0.15) is 5.56 Å². The minimum Gasteiger partial charge on any atom is -0.197 e. The third kappa shape index (κ3) is 1.56. The second-order valence-electron chi connectivity index (χ2n) is 2.40. The number of aromatic nitrogens is 3. The molecule has 2 aromatic rings. The van der Waals surface area contributed by atoms with Gasteiger partial charge in [-0.15, -0.1) is 0 Å². The van der Waals surface area contributed by atoms with Crippen molar-refractivity contribution in [2.75, 3.05) is 0 Å². The SMILES string of the molecule is ISCc1ccc2n[nH]nc2c1. The predicted octanol–water partition coefficient (Wildman–Crippen LogP) is 2.54. The van der Waals surface area contributed by atoms with Crippen molar-refractivity contribution in [1.82, 2.24) is 15.4 Å². The van der Waals surface area contributed by atoms with Gasteiger partial charge in [0.15, 0.2) is 0 Å². The molecule has 12 heavy (non-hydrogen) atoms. The van der Waals surface area contributed by atoms with Crippen molar-refractivity contribution in [3.63, 3.8) is 0 Å². The summed E-state index contributed by atoms with van der Waals surface area (Å²) >= 11 is 2.29. The zero-order valence-electron chi connectivity index (χ0n) is 6.12. The van der Waals surface area contributed by atoms with E-state index in [9.17, 15) is 0 Å². The molecule has 1 heterocycles. The Kier molecular flexibility index (Phi) is 2.50. The van der Waals surface area contributed by atoms with Crippen LogP contribution in [0.4, 0.5) is 0 Å². The molecule has 1 N–H and O–H groups in total. The molecule has 3 nitrogen and oxygen atoms in total. The summed E-state index contributed by atoms with van der Waals surface area (Å²) in [5, 5.41) is 10.6. The maximum atomic E-state index is 4.01. The molecule has 0 saturated heterocycles. The van der Waals surface area contributed by atoms with Crippen LogP contribution in [0.2, 0.25) is 0 Å². The first kappa shape index (κ1) is 8.31. The van der Waals surface area contributed by atoms with E-state index in [1.54, 1.807) is 8.93 Å². The summed E-state index contributed by atoms with van der Waals surface area (Å²) in [5.41, 5.74) is 3.16. The molecule has 2 rings (SSSR count). The molecule has 62 valence electrons. The second-order valence-corrected chi connectivity index (χ2v) is 4.78. The number of fused-ring (bicyclic) bond motifs is 1. The van der Waals surface area contributed by atoms with Crippen LogP contribution in [0.3, 0.4) is 0 Å². The molecule has 0 bridgehead atoms. The van der Waals surface area contributed by atoms with E-state index in [1.807, 2.05) is 6.07 Å². The molecule has 0 aliphatic rings. The van der Waals surface area contributed by atoms with Crippen LogP contribution < -0.4 is 0 Å². The largest absolute Gasteiger partial charge is 0.197 e. The average molecular weight is 291 g/mol. The third-order valence-electron chi connectivity index (χ3n) is 1.60. The van der Waals surface area contributed by atoms with E-state index >= 15 is 0 Å². The van der Waals surface area contributed by atoms with E-state index in [0.717, 1.165) is 16.8 Å². The van der Waals surface area contributed by atoms with Gasteiger partial charge in [-0.05, 0) is 38.9 Å². The zero-order valence-corrected chi connectivity index (χ0v) is 9.09. The monoisotopic (exact) mass is 291 g/mol. The molecule has 1 aromatic carbocycles. The van der Waals surface area contributed by atoms with Crippen molar-refractivity contribution in [2.24, 2.45) is 0 Å². The van der Waals surface area contributed by atoms with Gasteiger partial charge < -0.3 is 0 Å². The van der Waals surface area contributed by atoms with Crippen molar-refractivity contribution < 1.29 is 0 Å². The lowest BCUT2D eigenvalue weighted by Crippen LogP contribution is -1.77. The number of nitrogens with one attached hydrogen (secondary N) is 1. The van der Waals surface area contributed by atoms with Crippen molar-refractivity contribution in [3.05, 3.63) is 23.8 Å². The Balaban J connectivity index is 2.46. The Morgan fingerprint density at radius 2 is 2.17 bits per heavy atom. The lowest BCUT2D eigenvalue weighted by molar-refractivity contribution is 0.959. The fraction of sp³-hybridized carbons (Fsp3) is 0.143. The Morgan fingerprint density at radius 3 is 3.00 bits per heavy atom. The molecule has 0 aliphatic heterocycles. The summed E-state index contributed by atoms with van der Waals surface area (Å²) in [6, 6.07) is 6.13. The highest BCUT2D eigenvalue weighted by molar-refractivity contribution is 14.2. The highest BCUT2D eigenvalue weighted by atomic mass is 127. The molecule has 0 aliphatic carbocycles. The molecule has 5 heteroatoms. The molecule has 0 saturated carbocycles. The van der Waals surface area contributed by atoms with Gasteiger partial charge in [0, 0.05) is 5.75 Å². The lowest BCUT2D eigenvalue weighted by Gasteiger charge is -1.94. The molecular weight excluding hydrogens is 285 g/mol. The van der Waals surface area contributed by atoms with E-state index in [1.165, 1.54) is 5.56 Å². The first-order valence-corrected chi connectivity index (χ1v) is 6.96. The average Bonchev–Trinajstić information content (AvgIpc) is 2.51. The number of halogens is 1. The summed E-state index contributed by atoms with van der Waals surface area (Å²) < 4.78 is 0. The third-order valence-corrected chi connectivity index (χ3v) is 2.98. The summed E-state index contributed by atoms with van der Waals surface area (Å²) in [4.78, 5) is 0. The smallest absolute Gasteiger partial charge is 0.113 e. The normalized spacial score (nSPS) is 10.8. The van der Waals surface area contributed by atoms with Gasteiger partial charge in [0.25, 0.3) is 0 Å². The molecule has 0 spiro atoms. The van der Waals surface area contributed by atoms with Gasteiger partial charge in [-0.25, -0.2) is 0 Å². The van der Waals surface area contributed by atoms with Crippen molar-refractivity contribution in [3.8, 4) is 0 Å². The molecule has 1 aromatic heterocycles. The van der Waals surface area contributed by atoms with Crippen LogP contribution in [0, 0.1) is 0 Å². The quantitative estimate of drug-likeness (QED) is 0.865. The highest BCUT2D eigenvalue weighted by Gasteiger charge is 1.98. The highest BCUT2D eigenvalue weighted by Crippen LogP contribution is 2.20. The van der Waals surface area contributed by atoms with E-state index in [4.69, 9.17) is 0 Å². The number of hydrogen-bond acceptors (Lipinski definition) is 3. The summed E-state index contributed by atoms with van der Waals surface area (Å²) in [5.74, 6) is 1.02. The van der Waals surface area contributed by atoms with E-state index < -0.39 is 0 Å². The minimum atomic E-state index is 0.928. The standard InChI is InChI=1S/C7H6IN3S/c8-12-4-5-1-2-6-7(3-5)10-11-9-6/h1-3H,4H2,(H,9,10,11). The van der Waals surface area contributed by atoms with Crippen molar-refractivity contribution >= 4 is 41.2 Å². The Labute approximate surface area is 85.9 Å². The number of nitrogens with zero attached hydrogens (tertiary/aromatic N) is 2. The fourth-order valence-electron chi connectivity index (χ4n) is 1.04. The van der Waals surface area contributed by atoms with Gasteiger partial charge in [0.1, 0.15) is 11.0 Å². The summed E-state index contributed by atoms with van der Waals surface area (Å²) in [6.07, 6.45) is 0. The van der Waals surface area contributed by atoms with Gasteiger partial charge in [-0.1, -0.05) is 15.0 Å². The van der Waals surface area contributed by atoms with Crippen LogP contribution in [-0.2, 0) is 5.75 Å². The zero-order chi connectivity index (χ0) is 8.39. The van der Waals surface area contributed by atoms with Crippen LogP contribution in [0.5, 0.6) is 0 Å². The molecular formula is C7H6IN3S. The van der Waals surface area contributed by atoms with Crippen LogP contribution in [0.15, 0.2) is 18.2 Å². The van der Waals surface area contributed by atoms with Crippen LogP contribution in [0.25, 0.3) is 11.0 Å². The van der Waals surface area contributed by atoms with Gasteiger partial charge in [0.05, 0.1) is 0 Å². The number of rotatable bonds is 2. The molecule has 0 amide bonds. The molecule has 0 fully saturated rings. The van der Waals surface area contributed by atoms with E-state index in [-0.39, 0.29) is 0 Å². The van der Waals surface area contributed by atoms with Crippen molar-refractivity contribution in [1.29, 1.82) is 0 Å². The predicted molar refractivity (Wildman–Crippen MR) is 59.2 cm³/mol. The minimum absolute atomic E-state index is 0.928. The Hall–Kier alpha value is -0.300. The summed E-state index contributed by atoms with van der Waals surface area (Å²) in [7, 11) is 1.78. The van der Waals surface area contributed by atoms with Crippen LogP contribution >= 0.6 is 30.1 Å². The first-order valence-electron chi connectivity index (χ1n) is 3.43. The number of aromatic amines is 1.